The standard InChI is InChI=1S/C28H34N3O2.C2H6.CH4.Y/c32-27-11-10-24-9-8-23(16-21-4-2-1-3-5-21)17-25(24)19-31(27)20-28(33)30-14-12-26(13-15-30)29-18-22-6-7-22;1-2;;/h1-5,8-9,17,20,22,26,29H,6-7,10-16,18-19H2;1-2H3;1H4;/q-1;;;. The maximum atomic E-state index is 13.0. The number of benzene rings is 2. The summed E-state index contributed by atoms with van der Waals surface area (Å²) in [6.07, 6.45) is 6.75. The van der Waals surface area contributed by atoms with Crippen molar-refractivity contribution in [1.82, 2.24) is 15.1 Å². The van der Waals surface area contributed by atoms with Gasteiger partial charge in [0.1, 0.15) is 5.91 Å². The van der Waals surface area contributed by atoms with Crippen molar-refractivity contribution in [2.45, 2.75) is 78.8 Å². The molecule has 1 saturated heterocycles. The summed E-state index contributed by atoms with van der Waals surface area (Å²) in [7, 11) is 0. The molecule has 3 aliphatic rings. The Balaban J connectivity index is 0.00000118. The van der Waals surface area contributed by atoms with Gasteiger partial charge in [-0.05, 0) is 73.2 Å². The summed E-state index contributed by atoms with van der Waals surface area (Å²) in [6.45, 7) is 8.68. The topological polar surface area (TPSA) is 52.7 Å². The fourth-order valence-electron chi connectivity index (χ4n) is 4.96. The Kier molecular flexibility index (Phi) is 13.3. The van der Waals surface area contributed by atoms with E-state index >= 15 is 0 Å². The zero-order chi connectivity index (χ0) is 24.6. The minimum atomic E-state index is -0.0344. The molecule has 1 N–H and O–H groups in total. The Morgan fingerprint density at radius 1 is 0.946 bits per heavy atom. The molecule has 6 heteroatoms. The molecule has 2 amide bonds. The number of likely N-dealkylation sites (tertiary alicyclic amines) is 1. The summed E-state index contributed by atoms with van der Waals surface area (Å²) < 4.78 is 0. The van der Waals surface area contributed by atoms with Crippen LogP contribution < -0.4 is 5.32 Å². The van der Waals surface area contributed by atoms with E-state index in [1.807, 2.05) is 24.8 Å². The second kappa shape index (κ2) is 15.7. The van der Waals surface area contributed by atoms with Gasteiger partial charge in [0.15, 0.2) is 5.91 Å². The van der Waals surface area contributed by atoms with Crippen molar-refractivity contribution in [3.63, 3.8) is 0 Å². The van der Waals surface area contributed by atoms with Crippen molar-refractivity contribution in [2.75, 3.05) is 19.6 Å². The Bertz CT molecular complexity index is 985. The number of carbonyl (C=O) groups is 2. The normalized spacial score (nSPS) is 17.3. The first kappa shape index (κ1) is 31.5. The average molecular weight is 580 g/mol. The molecule has 5 rings (SSSR count). The van der Waals surface area contributed by atoms with Gasteiger partial charge in [0, 0.05) is 64.8 Å². The zero-order valence-corrected chi connectivity index (χ0v) is 24.8. The third kappa shape index (κ3) is 9.23. The van der Waals surface area contributed by atoms with E-state index in [0.29, 0.717) is 19.0 Å². The van der Waals surface area contributed by atoms with Gasteiger partial charge < -0.3 is 19.9 Å². The van der Waals surface area contributed by atoms with Gasteiger partial charge in [-0.15, -0.1) is 0 Å². The van der Waals surface area contributed by atoms with Crippen LogP contribution in [0.2, 0.25) is 0 Å². The molecule has 199 valence electrons. The van der Waals surface area contributed by atoms with Crippen LogP contribution >= 0.6 is 0 Å². The molecule has 2 heterocycles. The molecule has 0 unspecified atom stereocenters. The van der Waals surface area contributed by atoms with Crippen molar-refractivity contribution < 1.29 is 42.3 Å². The molecule has 1 saturated carbocycles. The number of nitrogens with one attached hydrogen (secondary N) is 1. The van der Waals surface area contributed by atoms with E-state index in [4.69, 9.17) is 0 Å². The number of nitrogens with zero attached hydrogens (tertiary/aromatic N) is 2. The quantitative estimate of drug-likeness (QED) is 0.450. The third-order valence-corrected chi connectivity index (χ3v) is 7.26. The molecule has 0 atom stereocenters. The monoisotopic (exact) mass is 579 g/mol. The molecule has 0 spiro atoms. The van der Waals surface area contributed by atoms with E-state index in [9.17, 15) is 9.59 Å². The minimum Gasteiger partial charge on any atom is -0.465 e. The van der Waals surface area contributed by atoms with Gasteiger partial charge in [0.2, 0.25) is 0 Å². The van der Waals surface area contributed by atoms with Crippen LogP contribution in [-0.4, -0.2) is 47.3 Å². The molecular weight excluding hydrogens is 535 g/mol. The first-order valence-corrected chi connectivity index (χ1v) is 13.5. The van der Waals surface area contributed by atoms with Crippen LogP contribution in [0, 0.1) is 12.5 Å². The summed E-state index contributed by atoms with van der Waals surface area (Å²) in [5.41, 5.74) is 4.88. The van der Waals surface area contributed by atoms with E-state index in [0.717, 1.165) is 56.8 Å². The predicted octanol–water partition coefficient (Wildman–Crippen LogP) is 5.36. The summed E-state index contributed by atoms with van der Waals surface area (Å²) in [5, 5.41) is 3.66. The Morgan fingerprint density at radius 3 is 2.32 bits per heavy atom. The van der Waals surface area contributed by atoms with Gasteiger partial charge in [-0.2, -0.15) is 0 Å². The zero-order valence-electron chi connectivity index (χ0n) is 21.9. The van der Waals surface area contributed by atoms with Crippen molar-refractivity contribution in [1.29, 1.82) is 0 Å². The van der Waals surface area contributed by atoms with Crippen LogP contribution in [-0.2, 0) is 61.7 Å². The molecular formula is C31H44N3O2Y-. The SMILES string of the molecule is C.CC.O=C1CCc2ccc(Cc3ccccc3)cc2CN1[CH-]C(=O)N1CCC(NCC2CC2)CC1.[Y]. The molecule has 2 aromatic rings. The van der Waals surface area contributed by atoms with Gasteiger partial charge in [-0.3, -0.25) is 4.79 Å². The van der Waals surface area contributed by atoms with Crippen LogP contribution in [0.5, 0.6) is 0 Å². The predicted molar refractivity (Wildman–Crippen MR) is 147 cm³/mol. The number of hydrogen-bond donors (Lipinski definition) is 1. The summed E-state index contributed by atoms with van der Waals surface area (Å²) >= 11 is 0. The molecule has 1 radical (unpaired) electrons. The van der Waals surface area contributed by atoms with Crippen LogP contribution in [0.25, 0.3) is 0 Å². The van der Waals surface area contributed by atoms with Gasteiger partial charge in [0.25, 0.3) is 0 Å². The van der Waals surface area contributed by atoms with Crippen molar-refractivity contribution in [2.24, 2.45) is 5.92 Å². The summed E-state index contributed by atoms with van der Waals surface area (Å²) in [5.74, 6) is 0.876. The van der Waals surface area contributed by atoms with Crippen molar-refractivity contribution in [3.05, 3.63) is 77.3 Å². The number of amides is 2. The average Bonchev–Trinajstić information content (AvgIpc) is 3.74. The molecule has 2 fully saturated rings. The van der Waals surface area contributed by atoms with E-state index < -0.39 is 0 Å². The fourth-order valence-corrected chi connectivity index (χ4v) is 4.96. The first-order chi connectivity index (χ1) is 17.1. The number of hydrogen-bond acceptors (Lipinski definition) is 3. The molecule has 37 heavy (non-hydrogen) atoms. The molecule has 2 aromatic carbocycles. The Morgan fingerprint density at radius 2 is 1.65 bits per heavy atom. The van der Waals surface area contributed by atoms with Gasteiger partial charge in [-0.25, -0.2) is 6.54 Å². The van der Waals surface area contributed by atoms with Crippen LogP contribution in [0.4, 0.5) is 0 Å². The Hall–Kier alpha value is -1.69. The fraction of sp³-hybridized carbons (Fsp3) is 0.516. The first-order valence-electron chi connectivity index (χ1n) is 13.5. The van der Waals surface area contributed by atoms with E-state index in [1.165, 1.54) is 29.5 Å². The van der Waals surface area contributed by atoms with E-state index in [1.54, 1.807) is 11.4 Å². The van der Waals surface area contributed by atoms with Crippen molar-refractivity contribution >= 4 is 11.8 Å². The molecule has 5 nitrogen and oxygen atoms in total. The van der Waals surface area contributed by atoms with E-state index in [2.05, 4.69) is 47.8 Å². The van der Waals surface area contributed by atoms with Gasteiger partial charge in [0.05, 0.1) is 0 Å². The number of carbonyl (C=O) groups excluding carboxylic acids is 2. The molecule has 0 bridgehead atoms. The second-order valence-electron chi connectivity index (χ2n) is 9.87. The number of aryl methyl sites for hydroxylation is 1. The molecule has 0 aromatic heterocycles. The van der Waals surface area contributed by atoms with Gasteiger partial charge in [-0.1, -0.05) is 69.8 Å². The van der Waals surface area contributed by atoms with Gasteiger partial charge >= 0.3 is 0 Å². The maximum Gasteiger partial charge on any atom is 0.197 e. The number of piperidine rings is 1. The molecule has 1 aliphatic carbocycles. The largest absolute Gasteiger partial charge is 0.465 e. The summed E-state index contributed by atoms with van der Waals surface area (Å²) in [6, 6.07) is 17.5. The third-order valence-electron chi connectivity index (χ3n) is 7.26. The minimum absolute atomic E-state index is 0. The second-order valence-corrected chi connectivity index (χ2v) is 9.87. The van der Waals surface area contributed by atoms with Crippen LogP contribution in [0.15, 0.2) is 48.5 Å². The van der Waals surface area contributed by atoms with Crippen LogP contribution in [0.3, 0.4) is 0 Å². The van der Waals surface area contributed by atoms with E-state index in [-0.39, 0.29) is 52.0 Å². The number of rotatable bonds is 7. The van der Waals surface area contributed by atoms with Crippen molar-refractivity contribution in [3.8, 4) is 0 Å². The summed E-state index contributed by atoms with van der Waals surface area (Å²) in [4.78, 5) is 29.3. The maximum absolute atomic E-state index is 13.0. The smallest absolute Gasteiger partial charge is 0.197 e. The Labute approximate surface area is 249 Å². The molecule has 2 aliphatic heterocycles. The number of fused-ring (bicyclic) bond motifs is 1. The van der Waals surface area contributed by atoms with Crippen LogP contribution in [0.1, 0.15) is 75.6 Å².